The van der Waals surface area contributed by atoms with Crippen molar-refractivity contribution in [1.82, 2.24) is 19.1 Å². The molecule has 0 amide bonds. The van der Waals surface area contributed by atoms with Crippen molar-refractivity contribution in [2.24, 2.45) is 12.5 Å². The first-order valence-electron chi connectivity index (χ1n) is 9.95. The van der Waals surface area contributed by atoms with Crippen molar-refractivity contribution >= 4 is 11.0 Å². The zero-order valence-electron chi connectivity index (χ0n) is 18.0. The number of aryl methyl sites for hydroxylation is 1. The largest absolute Gasteiger partial charge is 0.437 e. The van der Waals surface area contributed by atoms with Crippen LogP contribution < -0.4 is 10.4 Å². The molecule has 31 heavy (non-hydrogen) atoms. The Labute approximate surface area is 180 Å². The Morgan fingerprint density at radius 2 is 1.81 bits per heavy atom. The molecule has 0 fully saturated rings. The van der Waals surface area contributed by atoms with Crippen LogP contribution in [-0.4, -0.2) is 19.1 Å². The fourth-order valence-electron chi connectivity index (χ4n) is 3.45. The third-order valence-electron chi connectivity index (χ3n) is 4.89. The second-order valence-corrected chi connectivity index (χ2v) is 8.67. The van der Waals surface area contributed by atoms with Crippen LogP contribution in [-0.2, 0) is 13.6 Å². The van der Waals surface area contributed by atoms with Gasteiger partial charge < -0.3 is 4.74 Å². The molecular weight excluding hydrogens is 390 g/mol. The molecule has 0 saturated carbocycles. The number of nitrogens with zero attached hydrogens (tertiary/aromatic N) is 5. The number of hydrogen-bond donors (Lipinski definition) is 0. The predicted molar refractivity (Wildman–Crippen MR) is 119 cm³/mol. The van der Waals surface area contributed by atoms with Crippen LogP contribution >= 0.6 is 0 Å². The van der Waals surface area contributed by atoms with Gasteiger partial charge in [-0.05, 0) is 41.8 Å². The van der Waals surface area contributed by atoms with E-state index in [-0.39, 0.29) is 11.1 Å². The van der Waals surface area contributed by atoms with Crippen LogP contribution in [0.4, 0.5) is 0 Å². The molecule has 0 atom stereocenters. The summed E-state index contributed by atoms with van der Waals surface area (Å²) in [5.74, 6) is 0.920. The van der Waals surface area contributed by atoms with Gasteiger partial charge in [-0.3, -0.25) is 14.1 Å². The molecule has 0 bridgehead atoms. The zero-order valence-corrected chi connectivity index (χ0v) is 18.0. The molecule has 2 aromatic heterocycles. The monoisotopic (exact) mass is 413 g/mol. The standard InChI is InChI=1S/C24H23N5O2/c1-24(2,3)15-29-20-10-7-17(11-21(20)28(4)23(29)30)19-13-26-14-22(27-19)31-18-8-5-16(12-25)6-9-18/h5-11,13-14H,15H2,1-4H3. The lowest BCUT2D eigenvalue weighted by atomic mass is 9.97. The van der Waals surface area contributed by atoms with Crippen molar-refractivity contribution in [2.75, 3.05) is 0 Å². The van der Waals surface area contributed by atoms with E-state index >= 15 is 0 Å². The van der Waals surface area contributed by atoms with E-state index in [2.05, 4.69) is 36.8 Å². The molecule has 0 aliphatic carbocycles. The predicted octanol–water partition coefficient (Wildman–Crippen LogP) is 4.51. The van der Waals surface area contributed by atoms with Gasteiger partial charge in [-0.1, -0.05) is 26.8 Å². The van der Waals surface area contributed by atoms with Crippen LogP contribution in [0.15, 0.2) is 59.7 Å². The lowest BCUT2D eigenvalue weighted by Crippen LogP contribution is -2.27. The number of rotatable bonds is 4. The summed E-state index contributed by atoms with van der Waals surface area (Å²) in [5, 5.41) is 8.91. The fraction of sp³-hybridized carbons (Fsp3) is 0.250. The van der Waals surface area contributed by atoms with E-state index in [1.807, 2.05) is 22.8 Å². The second kappa shape index (κ2) is 7.73. The van der Waals surface area contributed by atoms with Gasteiger partial charge in [-0.15, -0.1) is 0 Å². The van der Waals surface area contributed by atoms with Crippen LogP contribution in [0.5, 0.6) is 11.6 Å². The van der Waals surface area contributed by atoms with E-state index in [0.29, 0.717) is 29.4 Å². The van der Waals surface area contributed by atoms with Crippen molar-refractivity contribution in [1.29, 1.82) is 5.26 Å². The molecule has 0 aliphatic rings. The van der Waals surface area contributed by atoms with Gasteiger partial charge >= 0.3 is 5.69 Å². The maximum absolute atomic E-state index is 12.8. The van der Waals surface area contributed by atoms with Crippen molar-refractivity contribution < 1.29 is 4.74 Å². The molecule has 0 saturated heterocycles. The highest BCUT2D eigenvalue weighted by molar-refractivity contribution is 5.82. The highest BCUT2D eigenvalue weighted by atomic mass is 16.5. The molecule has 4 aromatic rings. The topological polar surface area (TPSA) is 85.7 Å². The summed E-state index contributed by atoms with van der Waals surface area (Å²) in [5.41, 5.74) is 3.73. The number of imidazole rings is 1. The molecule has 0 aliphatic heterocycles. The van der Waals surface area contributed by atoms with Crippen molar-refractivity contribution in [3.05, 3.63) is 70.9 Å². The quantitative estimate of drug-likeness (QED) is 0.491. The lowest BCUT2D eigenvalue weighted by Gasteiger charge is -2.18. The van der Waals surface area contributed by atoms with E-state index in [0.717, 1.165) is 16.6 Å². The Balaban J connectivity index is 1.69. The Hall–Kier alpha value is -3.92. The van der Waals surface area contributed by atoms with Gasteiger partial charge in [0, 0.05) is 19.2 Å². The smallest absolute Gasteiger partial charge is 0.328 e. The average Bonchev–Trinajstić information content (AvgIpc) is 2.98. The van der Waals surface area contributed by atoms with Gasteiger partial charge in [0.15, 0.2) is 0 Å². The van der Waals surface area contributed by atoms with Crippen molar-refractivity contribution in [3.8, 4) is 29.0 Å². The Morgan fingerprint density at radius 1 is 1.06 bits per heavy atom. The van der Waals surface area contributed by atoms with E-state index in [1.165, 1.54) is 6.20 Å². The van der Waals surface area contributed by atoms with Crippen molar-refractivity contribution in [3.63, 3.8) is 0 Å². The molecule has 7 heteroatoms. The Morgan fingerprint density at radius 3 is 2.48 bits per heavy atom. The molecule has 0 unspecified atom stereocenters. The first-order chi connectivity index (χ1) is 14.7. The van der Waals surface area contributed by atoms with Crippen LogP contribution in [0.3, 0.4) is 0 Å². The number of hydrogen-bond acceptors (Lipinski definition) is 5. The summed E-state index contributed by atoms with van der Waals surface area (Å²) in [7, 11) is 1.78. The molecule has 7 nitrogen and oxygen atoms in total. The van der Waals surface area contributed by atoms with Gasteiger partial charge in [0.2, 0.25) is 5.88 Å². The molecule has 0 N–H and O–H groups in total. The SMILES string of the molecule is Cn1c(=O)n(CC(C)(C)C)c2ccc(-c3cncc(Oc4ccc(C#N)cc4)n3)cc21. The van der Waals surface area contributed by atoms with Gasteiger partial charge in [-0.2, -0.15) is 5.26 Å². The third-order valence-corrected chi connectivity index (χ3v) is 4.89. The van der Waals surface area contributed by atoms with Crippen molar-refractivity contribution in [2.45, 2.75) is 27.3 Å². The maximum atomic E-state index is 12.8. The minimum Gasteiger partial charge on any atom is -0.437 e. The van der Waals surface area contributed by atoms with Gasteiger partial charge in [0.05, 0.1) is 40.8 Å². The molecule has 2 aromatic carbocycles. The van der Waals surface area contributed by atoms with Crippen LogP contribution in [0.1, 0.15) is 26.3 Å². The summed E-state index contributed by atoms with van der Waals surface area (Å²) in [6.07, 6.45) is 3.20. The summed E-state index contributed by atoms with van der Waals surface area (Å²) in [4.78, 5) is 21.6. The highest BCUT2D eigenvalue weighted by Crippen LogP contribution is 2.26. The molecular formula is C24H23N5O2. The number of benzene rings is 2. The second-order valence-electron chi connectivity index (χ2n) is 8.67. The first-order valence-corrected chi connectivity index (χ1v) is 9.95. The third kappa shape index (κ3) is 4.19. The summed E-state index contributed by atoms with van der Waals surface area (Å²) in [6, 6.07) is 14.7. The summed E-state index contributed by atoms with van der Waals surface area (Å²) < 4.78 is 9.26. The summed E-state index contributed by atoms with van der Waals surface area (Å²) in [6.45, 7) is 6.97. The Bertz CT molecular complexity index is 1350. The number of ether oxygens (including phenoxy) is 1. The van der Waals surface area contributed by atoms with E-state index in [9.17, 15) is 4.79 Å². The van der Waals surface area contributed by atoms with Crippen LogP contribution in [0.2, 0.25) is 0 Å². The fourth-order valence-corrected chi connectivity index (χ4v) is 3.45. The van der Waals surface area contributed by atoms with Gasteiger partial charge in [0.1, 0.15) is 5.75 Å². The normalized spacial score (nSPS) is 11.5. The van der Waals surface area contributed by atoms with E-state index in [4.69, 9.17) is 10.00 Å². The van der Waals surface area contributed by atoms with E-state index < -0.39 is 0 Å². The number of aromatic nitrogens is 4. The molecule has 0 spiro atoms. The number of nitriles is 1. The van der Waals surface area contributed by atoms with E-state index in [1.54, 1.807) is 42.1 Å². The summed E-state index contributed by atoms with van der Waals surface area (Å²) >= 11 is 0. The highest BCUT2D eigenvalue weighted by Gasteiger charge is 2.18. The maximum Gasteiger partial charge on any atom is 0.328 e. The minimum absolute atomic E-state index is 0.0145. The van der Waals surface area contributed by atoms with Gasteiger partial charge in [-0.25, -0.2) is 9.78 Å². The Kier molecular flexibility index (Phi) is 5.07. The molecule has 156 valence electrons. The van der Waals surface area contributed by atoms with Crippen LogP contribution in [0, 0.1) is 16.7 Å². The number of fused-ring (bicyclic) bond motifs is 1. The first kappa shape index (κ1) is 20.4. The minimum atomic E-state index is -0.0361. The van der Waals surface area contributed by atoms with Gasteiger partial charge in [0.25, 0.3) is 0 Å². The zero-order chi connectivity index (χ0) is 22.2. The molecule has 4 rings (SSSR count). The average molecular weight is 413 g/mol. The lowest BCUT2D eigenvalue weighted by molar-refractivity contribution is 0.342. The molecule has 0 radical (unpaired) electrons. The van der Waals surface area contributed by atoms with Crippen LogP contribution in [0.25, 0.3) is 22.3 Å². The molecule has 2 heterocycles.